The summed E-state index contributed by atoms with van der Waals surface area (Å²) in [7, 11) is 0. The van der Waals surface area contributed by atoms with Crippen LogP contribution in [0.4, 0.5) is 15.8 Å². The Morgan fingerprint density at radius 2 is 1.69 bits per heavy atom. The van der Waals surface area contributed by atoms with Gasteiger partial charge in [0.25, 0.3) is 5.69 Å². The second kappa shape index (κ2) is 6.02. The molecule has 0 saturated carbocycles. The van der Waals surface area contributed by atoms with E-state index in [1.807, 2.05) is 12.1 Å². The van der Waals surface area contributed by atoms with E-state index in [9.17, 15) is 14.5 Å². The first-order valence-electron chi connectivity index (χ1n) is 10.3. The van der Waals surface area contributed by atoms with Gasteiger partial charge < -0.3 is 4.90 Å². The summed E-state index contributed by atoms with van der Waals surface area (Å²) in [6.45, 7) is 0.939. The van der Waals surface area contributed by atoms with Crippen LogP contribution in [0, 0.1) is 27.8 Å². The van der Waals surface area contributed by atoms with E-state index < -0.39 is 0 Å². The summed E-state index contributed by atoms with van der Waals surface area (Å²) in [4.78, 5) is 13.2. The SMILES string of the molecule is O=[N+]([O-])c1ccc([C@@H]2[C@@H]3CC=C[C@@H]3c3cc(F)cc4c3N2C[C@H]2CC=C[C@@H]42)cc1. The zero-order valence-electron chi connectivity index (χ0n) is 15.9. The van der Waals surface area contributed by atoms with Gasteiger partial charge in [0.2, 0.25) is 0 Å². The van der Waals surface area contributed by atoms with Gasteiger partial charge in [-0.3, -0.25) is 10.1 Å². The number of nitro benzene ring substituents is 1. The van der Waals surface area contributed by atoms with Gasteiger partial charge in [0, 0.05) is 36.2 Å². The highest BCUT2D eigenvalue weighted by Crippen LogP contribution is 2.58. The van der Waals surface area contributed by atoms with Gasteiger partial charge in [-0.1, -0.05) is 36.4 Å². The van der Waals surface area contributed by atoms with Crippen molar-refractivity contribution in [1.29, 1.82) is 0 Å². The van der Waals surface area contributed by atoms with Crippen molar-refractivity contribution in [3.05, 3.63) is 93.3 Å². The Labute approximate surface area is 168 Å². The maximum absolute atomic E-state index is 14.6. The van der Waals surface area contributed by atoms with Crippen molar-refractivity contribution in [3.8, 4) is 0 Å². The molecule has 29 heavy (non-hydrogen) atoms. The number of hydrogen-bond acceptors (Lipinski definition) is 3. The Bertz CT molecular complexity index is 1060. The zero-order chi connectivity index (χ0) is 19.7. The summed E-state index contributed by atoms with van der Waals surface area (Å²) in [6, 6.07) is 10.6. The molecular formula is C24H21FN2O2. The van der Waals surface area contributed by atoms with Gasteiger partial charge >= 0.3 is 0 Å². The molecule has 0 amide bonds. The van der Waals surface area contributed by atoms with Gasteiger partial charge in [0.1, 0.15) is 5.82 Å². The molecule has 0 fully saturated rings. The minimum Gasteiger partial charge on any atom is -0.363 e. The molecule has 0 aromatic heterocycles. The molecule has 2 aromatic rings. The molecule has 2 aromatic carbocycles. The number of halogens is 1. The first-order chi connectivity index (χ1) is 14.1. The van der Waals surface area contributed by atoms with E-state index in [2.05, 4.69) is 29.2 Å². The van der Waals surface area contributed by atoms with Crippen LogP contribution in [0.1, 0.15) is 47.4 Å². The van der Waals surface area contributed by atoms with Gasteiger partial charge in [0.05, 0.1) is 11.0 Å². The summed E-state index contributed by atoms with van der Waals surface area (Å²) < 4.78 is 14.6. The van der Waals surface area contributed by atoms with Gasteiger partial charge in [-0.15, -0.1) is 0 Å². The van der Waals surface area contributed by atoms with E-state index in [1.165, 1.54) is 5.69 Å². The number of nitrogens with zero attached hydrogens (tertiary/aromatic N) is 2. The molecule has 0 saturated heterocycles. The third-order valence-corrected chi connectivity index (χ3v) is 7.26. The Balaban J connectivity index is 1.54. The third kappa shape index (κ3) is 2.36. The molecule has 2 aliphatic heterocycles. The molecule has 5 atom stereocenters. The highest BCUT2D eigenvalue weighted by molar-refractivity contribution is 5.70. The molecule has 4 aliphatic rings. The average Bonchev–Trinajstić information content (AvgIpc) is 3.37. The summed E-state index contributed by atoms with van der Waals surface area (Å²) in [6.07, 6.45) is 10.9. The summed E-state index contributed by atoms with van der Waals surface area (Å²) in [5.41, 5.74) is 4.63. The molecular weight excluding hydrogens is 367 g/mol. The molecule has 0 radical (unpaired) electrons. The number of non-ortho nitro benzene ring substituents is 1. The summed E-state index contributed by atoms with van der Waals surface area (Å²) >= 11 is 0. The standard InChI is InChI=1S/C24H21FN2O2/c25-16-11-21-18-4-1-3-15(18)13-26-23(14-7-9-17(10-8-14)27(28)29)20-6-2-5-19(20)22(12-16)24(21)26/h1-2,4-5,7-12,15,18-20,23H,3,6,13H2/t15-,18-,19+,20-,23-/m1/s1. The van der Waals surface area contributed by atoms with Crippen molar-refractivity contribution in [1.82, 2.24) is 0 Å². The molecule has 0 spiro atoms. The fourth-order valence-corrected chi connectivity index (χ4v) is 6.11. The Morgan fingerprint density at radius 3 is 2.45 bits per heavy atom. The van der Waals surface area contributed by atoms with Crippen molar-refractivity contribution < 1.29 is 9.31 Å². The first kappa shape index (κ1) is 17.0. The topological polar surface area (TPSA) is 46.4 Å². The fraction of sp³-hybridized carbons (Fsp3) is 0.333. The number of anilines is 1. The van der Waals surface area contributed by atoms with Crippen molar-refractivity contribution in [2.24, 2.45) is 11.8 Å². The van der Waals surface area contributed by atoms with Gasteiger partial charge in [-0.05, 0) is 53.5 Å². The third-order valence-electron chi connectivity index (χ3n) is 7.26. The van der Waals surface area contributed by atoms with E-state index in [1.54, 1.807) is 24.3 Å². The molecule has 0 unspecified atom stereocenters. The van der Waals surface area contributed by atoms with Crippen molar-refractivity contribution in [3.63, 3.8) is 0 Å². The molecule has 5 heteroatoms. The highest BCUT2D eigenvalue weighted by Gasteiger charge is 2.47. The molecule has 0 bridgehead atoms. The second-order valence-electron chi connectivity index (χ2n) is 8.68. The molecule has 2 aliphatic carbocycles. The lowest BCUT2D eigenvalue weighted by molar-refractivity contribution is -0.384. The van der Waals surface area contributed by atoms with Crippen LogP contribution in [0.25, 0.3) is 0 Å². The van der Waals surface area contributed by atoms with Crippen molar-refractivity contribution in [2.75, 3.05) is 11.4 Å². The number of fused-ring (bicyclic) bond motifs is 4. The van der Waals surface area contributed by atoms with Crippen molar-refractivity contribution >= 4 is 11.4 Å². The minimum atomic E-state index is -0.351. The van der Waals surface area contributed by atoms with Crippen molar-refractivity contribution in [2.45, 2.75) is 30.7 Å². The Morgan fingerprint density at radius 1 is 1.00 bits per heavy atom. The molecule has 2 heterocycles. The van der Waals surface area contributed by atoms with E-state index in [0.717, 1.165) is 36.1 Å². The maximum Gasteiger partial charge on any atom is 0.269 e. The molecule has 0 N–H and O–H groups in total. The minimum absolute atomic E-state index is 0.118. The largest absolute Gasteiger partial charge is 0.363 e. The van der Waals surface area contributed by atoms with E-state index in [-0.39, 0.29) is 34.3 Å². The van der Waals surface area contributed by atoms with Crippen LogP contribution in [-0.2, 0) is 0 Å². The van der Waals surface area contributed by atoms with Crippen LogP contribution in [0.2, 0.25) is 0 Å². The monoisotopic (exact) mass is 388 g/mol. The summed E-state index contributed by atoms with van der Waals surface area (Å²) in [5.74, 6) is 1.12. The Hall–Kier alpha value is -2.95. The van der Waals surface area contributed by atoms with E-state index >= 15 is 0 Å². The number of allylic oxidation sites excluding steroid dienone is 4. The zero-order valence-corrected chi connectivity index (χ0v) is 15.9. The smallest absolute Gasteiger partial charge is 0.269 e. The van der Waals surface area contributed by atoms with Gasteiger partial charge in [-0.2, -0.15) is 0 Å². The first-order valence-corrected chi connectivity index (χ1v) is 10.3. The predicted octanol–water partition coefficient (Wildman–Crippen LogP) is 5.63. The number of benzene rings is 2. The molecule has 4 nitrogen and oxygen atoms in total. The fourth-order valence-electron chi connectivity index (χ4n) is 6.11. The molecule has 6 rings (SSSR count). The van der Waals surface area contributed by atoms with E-state index in [4.69, 9.17) is 0 Å². The van der Waals surface area contributed by atoms with Crippen LogP contribution < -0.4 is 4.90 Å². The van der Waals surface area contributed by atoms with Crippen LogP contribution >= 0.6 is 0 Å². The van der Waals surface area contributed by atoms with Crippen LogP contribution in [0.3, 0.4) is 0 Å². The van der Waals surface area contributed by atoms with Gasteiger partial charge in [0.15, 0.2) is 0 Å². The maximum atomic E-state index is 14.6. The van der Waals surface area contributed by atoms with Gasteiger partial charge in [-0.25, -0.2) is 4.39 Å². The highest BCUT2D eigenvalue weighted by atomic mass is 19.1. The lowest BCUT2D eigenvalue weighted by Gasteiger charge is -2.51. The average molecular weight is 388 g/mol. The summed E-state index contributed by atoms with van der Waals surface area (Å²) in [5, 5.41) is 11.1. The number of hydrogen-bond donors (Lipinski definition) is 0. The van der Waals surface area contributed by atoms with E-state index in [0.29, 0.717) is 11.8 Å². The van der Waals surface area contributed by atoms with Crippen LogP contribution in [-0.4, -0.2) is 11.5 Å². The number of rotatable bonds is 2. The predicted molar refractivity (Wildman–Crippen MR) is 110 cm³/mol. The van der Waals surface area contributed by atoms with Crippen LogP contribution in [0.5, 0.6) is 0 Å². The Kier molecular flexibility index (Phi) is 3.52. The quantitative estimate of drug-likeness (QED) is 0.381. The van der Waals surface area contributed by atoms with Crippen LogP contribution in [0.15, 0.2) is 60.7 Å². The second-order valence-corrected chi connectivity index (χ2v) is 8.68. The lowest BCUT2D eigenvalue weighted by Crippen LogP contribution is -2.46. The normalized spacial score (nSPS) is 30.8. The molecule has 146 valence electrons. The number of nitro groups is 1. The lowest BCUT2D eigenvalue weighted by atomic mass is 9.70.